The monoisotopic (exact) mass is 364 g/mol. The van der Waals surface area contributed by atoms with Crippen LogP contribution in [-0.2, 0) is 11.2 Å². The molecule has 0 fully saturated rings. The van der Waals surface area contributed by atoms with Gasteiger partial charge in [0.2, 0.25) is 5.91 Å². The number of amides is 1. The molecule has 0 spiro atoms. The highest BCUT2D eigenvalue weighted by atomic mass is 19.4. The quantitative estimate of drug-likeness (QED) is 0.897. The molecule has 0 aromatic heterocycles. The van der Waals surface area contributed by atoms with Gasteiger partial charge in [0.25, 0.3) is 0 Å². The van der Waals surface area contributed by atoms with E-state index in [4.69, 9.17) is 5.73 Å². The smallest absolute Gasteiger partial charge is 0.406 e. The molecule has 138 valence electrons. The van der Waals surface area contributed by atoms with Crippen molar-refractivity contribution in [2.45, 2.75) is 38.2 Å². The molecule has 1 aliphatic rings. The van der Waals surface area contributed by atoms with Gasteiger partial charge in [0.15, 0.2) is 0 Å². The number of halogens is 3. The van der Waals surface area contributed by atoms with E-state index in [0.717, 1.165) is 11.1 Å². The van der Waals surface area contributed by atoms with Crippen LogP contribution in [0, 0.1) is 0 Å². The number of alkyl halides is 3. The lowest BCUT2D eigenvalue weighted by Gasteiger charge is -2.31. The van der Waals surface area contributed by atoms with Crippen LogP contribution in [0.25, 0.3) is 0 Å². The fraction of sp³-hybridized carbons (Fsp3) is 0.316. The maximum absolute atomic E-state index is 12.9. The van der Waals surface area contributed by atoms with Gasteiger partial charge in [-0.3, -0.25) is 4.79 Å². The van der Waals surface area contributed by atoms with Crippen LogP contribution in [0.5, 0.6) is 5.75 Å². The molecule has 26 heavy (non-hydrogen) atoms. The molecule has 3 rings (SSSR count). The van der Waals surface area contributed by atoms with Crippen LogP contribution >= 0.6 is 0 Å². The molecule has 1 amide bonds. The van der Waals surface area contributed by atoms with E-state index < -0.39 is 12.4 Å². The summed E-state index contributed by atoms with van der Waals surface area (Å²) in [7, 11) is 0. The summed E-state index contributed by atoms with van der Waals surface area (Å²) in [6.45, 7) is 1.83. The first-order valence-corrected chi connectivity index (χ1v) is 8.28. The maximum atomic E-state index is 12.9. The van der Waals surface area contributed by atoms with E-state index in [1.165, 1.54) is 17.0 Å². The Kier molecular flexibility index (Phi) is 4.91. The molecule has 7 heteroatoms. The second-order valence-electron chi connectivity index (χ2n) is 6.28. The molecule has 2 N–H and O–H groups in total. The molecule has 4 nitrogen and oxygen atoms in total. The van der Waals surface area contributed by atoms with Crippen LogP contribution in [0.3, 0.4) is 0 Å². The number of rotatable bonds is 3. The van der Waals surface area contributed by atoms with Gasteiger partial charge >= 0.3 is 6.36 Å². The normalized spacial score (nSPS) is 18.9. The molecule has 1 heterocycles. The molecule has 1 aliphatic heterocycles. The number of aryl methyl sites for hydroxylation is 1. The highest BCUT2D eigenvalue weighted by Gasteiger charge is 2.34. The summed E-state index contributed by atoms with van der Waals surface area (Å²) in [6, 6.07) is 12.3. The molecule has 0 radical (unpaired) electrons. The lowest BCUT2D eigenvalue weighted by Crippen LogP contribution is -2.44. The van der Waals surface area contributed by atoms with Gasteiger partial charge < -0.3 is 15.4 Å². The Balaban J connectivity index is 2.07. The van der Waals surface area contributed by atoms with Crippen LogP contribution in [-0.4, -0.2) is 18.3 Å². The number of nitrogens with zero attached hydrogens (tertiary/aromatic N) is 1. The number of carbonyl (C=O) groups is 1. The molecule has 2 aromatic carbocycles. The van der Waals surface area contributed by atoms with Crippen LogP contribution in [0.4, 0.5) is 18.9 Å². The largest absolute Gasteiger partial charge is 0.573 e. The summed E-state index contributed by atoms with van der Waals surface area (Å²) in [6.07, 6.45) is -3.86. The minimum absolute atomic E-state index is 0.315. The SMILES string of the molecule is C[C@@H](c1ccccc1)N1C(=O)[C@H](N)CCc2ccc(OC(F)(F)F)cc21. The predicted octanol–water partition coefficient (Wildman–Crippen LogP) is 3.95. The Bertz CT molecular complexity index is 793. The zero-order chi connectivity index (χ0) is 18.9. The lowest BCUT2D eigenvalue weighted by atomic mass is 10.0. The summed E-state index contributed by atoms with van der Waals surface area (Å²) in [5, 5.41) is 0. The van der Waals surface area contributed by atoms with Crippen LogP contribution in [0.2, 0.25) is 0 Å². The first-order chi connectivity index (χ1) is 12.3. The number of ether oxygens (including phenoxy) is 1. The Labute approximate surface area is 149 Å². The molecule has 0 aliphatic carbocycles. The zero-order valence-corrected chi connectivity index (χ0v) is 14.2. The minimum Gasteiger partial charge on any atom is -0.406 e. The first-order valence-electron chi connectivity index (χ1n) is 8.28. The first kappa shape index (κ1) is 18.3. The van der Waals surface area contributed by atoms with Crippen molar-refractivity contribution in [3.8, 4) is 5.75 Å². The fourth-order valence-electron chi connectivity index (χ4n) is 3.19. The Hall–Kier alpha value is -2.54. The molecule has 2 aromatic rings. The molecule has 0 saturated heterocycles. The third-order valence-electron chi connectivity index (χ3n) is 4.50. The number of fused-ring (bicyclic) bond motifs is 1. The van der Waals surface area contributed by atoms with Gasteiger partial charge in [0.05, 0.1) is 17.8 Å². The Morgan fingerprint density at radius 3 is 2.54 bits per heavy atom. The van der Waals surface area contributed by atoms with Gasteiger partial charge in [-0.2, -0.15) is 0 Å². The molecule has 0 unspecified atom stereocenters. The van der Waals surface area contributed by atoms with Crippen molar-refractivity contribution in [3.63, 3.8) is 0 Å². The van der Waals surface area contributed by atoms with Crippen molar-refractivity contribution >= 4 is 11.6 Å². The molecule has 0 bridgehead atoms. The van der Waals surface area contributed by atoms with Crippen molar-refractivity contribution in [2.75, 3.05) is 4.90 Å². The summed E-state index contributed by atoms with van der Waals surface area (Å²) in [5.74, 6) is -0.672. The van der Waals surface area contributed by atoms with E-state index in [1.807, 2.05) is 37.3 Å². The van der Waals surface area contributed by atoms with Crippen molar-refractivity contribution in [3.05, 3.63) is 59.7 Å². The second-order valence-corrected chi connectivity index (χ2v) is 6.28. The van der Waals surface area contributed by atoms with Crippen molar-refractivity contribution in [1.29, 1.82) is 0 Å². The number of benzene rings is 2. The molecule has 0 saturated carbocycles. The average molecular weight is 364 g/mol. The fourth-order valence-corrected chi connectivity index (χ4v) is 3.19. The van der Waals surface area contributed by atoms with Gasteiger partial charge in [-0.05, 0) is 37.0 Å². The van der Waals surface area contributed by atoms with Gasteiger partial charge in [-0.25, -0.2) is 0 Å². The summed E-state index contributed by atoms with van der Waals surface area (Å²) in [4.78, 5) is 14.3. The number of carbonyl (C=O) groups excluding carboxylic acids is 1. The van der Waals surface area contributed by atoms with E-state index in [9.17, 15) is 18.0 Å². The predicted molar refractivity (Wildman–Crippen MR) is 91.8 cm³/mol. The number of hydrogen-bond acceptors (Lipinski definition) is 3. The van der Waals surface area contributed by atoms with E-state index in [-0.39, 0.29) is 17.7 Å². The third-order valence-corrected chi connectivity index (χ3v) is 4.50. The topological polar surface area (TPSA) is 55.6 Å². The second kappa shape index (κ2) is 6.99. The Morgan fingerprint density at radius 1 is 1.19 bits per heavy atom. The van der Waals surface area contributed by atoms with Gasteiger partial charge in [-0.15, -0.1) is 13.2 Å². The standard InChI is InChI=1S/C19H19F3N2O2/c1-12(13-5-3-2-4-6-13)24-17-11-15(26-19(20,21)22)9-7-14(17)8-10-16(23)18(24)25/h2-7,9,11-12,16H,8,10,23H2,1H3/t12-,16+/m0/s1. The highest BCUT2D eigenvalue weighted by molar-refractivity contribution is 5.99. The van der Waals surface area contributed by atoms with E-state index in [0.29, 0.717) is 18.5 Å². The molecule has 2 atom stereocenters. The Morgan fingerprint density at radius 2 is 1.88 bits per heavy atom. The summed E-state index contributed by atoms with van der Waals surface area (Å²) in [5.41, 5.74) is 8.04. The van der Waals surface area contributed by atoms with Gasteiger partial charge in [-0.1, -0.05) is 36.4 Å². The van der Waals surface area contributed by atoms with Crippen LogP contribution in [0.1, 0.15) is 30.5 Å². The van der Waals surface area contributed by atoms with Crippen molar-refractivity contribution < 1.29 is 22.7 Å². The summed E-state index contributed by atoms with van der Waals surface area (Å²) < 4.78 is 41.8. The zero-order valence-electron chi connectivity index (χ0n) is 14.2. The number of nitrogens with two attached hydrogens (primary N) is 1. The number of hydrogen-bond donors (Lipinski definition) is 1. The maximum Gasteiger partial charge on any atom is 0.573 e. The number of anilines is 1. The van der Waals surface area contributed by atoms with Gasteiger partial charge in [0, 0.05) is 6.07 Å². The minimum atomic E-state index is -4.80. The average Bonchev–Trinajstić information content (AvgIpc) is 2.71. The van der Waals surface area contributed by atoms with Crippen LogP contribution in [0.15, 0.2) is 48.5 Å². The lowest BCUT2D eigenvalue weighted by molar-refractivity contribution is -0.274. The third kappa shape index (κ3) is 3.83. The summed E-state index contributed by atoms with van der Waals surface area (Å²) >= 11 is 0. The van der Waals surface area contributed by atoms with Crippen LogP contribution < -0.4 is 15.4 Å². The van der Waals surface area contributed by atoms with Crippen molar-refractivity contribution in [1.82, 2.24) is 0 Å². The molecular formula is C19H19F3N2O2. The van der Waals surface area contributed by atoms with Gasteiger partial charge in [0.1, 0.15) is 5.75 Å². The van der Waals surface area contributed by atoms with Crippen molar-refractivity contribution in [2.24, 2.45) is 5.73 Å². The molecular weight excluding hydrogens is 345 g/mol. The van der Waals surface area contributed by atoms with E-state index >= 15 is 0 Å². The van der Waals surface area contributed by atoms with E-state index in [2.05, 4.69) is 4.74 Å². The van der Waals surface area contributed by atoms with E-state index in [1.54, 1.807) is 6.07 Å². The highest BCUT2D eigenvalue weighted by Crippen LogP contribution is 2.37.